The lowest BCUT2D eigenvalue weighted by molar-refractivity contribution is 0.968. The number of nitrogens with zero attached hydrogens (tertiary/aromatic N) is 3. The fraction of sp³-hybridized carbons (Fsp3) is 0.300. The summed E-state index contributed by atoms with van der Waals surface area (Å²) in [5.74, 6) is 0.894. The molecule has 2 N–H and O–H groups in total. The lowest BCUT2D eigenvalue weighted by atomic mass is 10.3. The van der Waals surface area contributed by atoms with E-state index in [0.29, 0.717) is 6.54 Å². The summed E-state index contributed by atoms with van der Waals surface area (Å²) in [6.45, 7) is 2.57. The van der Waals surface area contributed by atoms with Crippen LogP contribution in [0.2, 0.25) is 0 Å². The number of hydrogen-bond acceptors (Lipinski definition) is 6. The minimum atomic E-state index is 0.518. The number of nitrogens with two attached hydrogens (primary N) is 1. The Kier molecular flexibility index (Phi) is 3.87. The molecular formula is C10H12N4S2. The van der Waals surface area contributed by atoms with E-state index < -0.39 is 0 Å². The molecule has 84 valence electrons. The van der Waals surface area contributed by atoms with E-state index in [9.17, 15) is 0 Å². The van der Waals surface area contributed by atoms with Crippen LogP contribution in [0.5, 0.6) is 0 Å². The van der Waals surface area contributed by atoms with E-state index in [1.165, 1.54) is 11.5 Å². The standard InChI is InChI=1S/C10H12N4S2/c1-2-9-13-10(16-14-9)15-8-6-12-4-3-7(8)5-11/h3-4,6H,2,5,11H2,1H3. The Hall–Kier alpha value is -0.980. The topological polar surface area (TPSA) is 64.7 Å². The zero-order valence-corrected chi connectivity index (χ0v) is 10.5. The van der Waals surface area contributed by atoms with Gasteiger partial charge in [0.1, 0.15) is 5.82 Å². The third kappa shape index (κ3) is 2.58. The van der Waals surface area contributed by atoms with Gasteiger partial charge in [0, 0.05) is 30.3 Å². The molecule has 0 spiro atoms. The highest BCUT2D eigenvalue weighted by atomic mass is 32.2. The minimum absolute atomic E-state index is 0.518. The molecule has 0 aromatic carbocycles. The Morgan fingerprint density at radius 2 is 2.38 bits per heavy atom. The van der Waals surface area contributed by atoms with Crippen molar-refractivity contribution in [1.82, 2.24) is 14.3 Å². The zero-order chi connectivity index (χ0) is 11.4. The van der Waals surface area contributed by atoms with Gasteiger partial charge in [-0.05, 0) is 23.2 Å². The monoisotopic (exact) mass is 252 g/mol. The van der Waals surface area contributed by atoms with E-state index in [0.717, 1.165) is 27.0 Å². The predicted molar refractivity (Wildman–Crippen MR) is 65.5 cm³/mol. The van der Waals surface area contributed by atoms with Gasteiger partial charge in [0.25, 0.3) is 0 Å². The minimum Gasteiger partial charge on any atom is -0.326 e. The van der Waals surface area contributed by atoms with Gasteiger partial charge in [-0.25, -0.2) is 4.98 Å². The molecule has 0 fully saturated rings. The molecule has 2 rings (SSSR count). The molecule has 0 unspecified atom stereocenters. The van der Waals surface area contributed by atoms with Gasteiger partial charge in [0.2, 0.25) is 0 Å². The van der Waals surface area contributed by atoms with Gasteiger partial charge in [-0.3, -0.25) is 4.98 Å². The summed E-state index contributed by atoms with van der Waals surface area (Å²) in [6, 6.07) is 1.93. The number of aryl methyl sites for hydroxylation is 1. The van der Waals surface area contributed by atoms with E-state index in [1.54, 1.807) is 18.0 Å². The van der Waals surface area contributed by atoms with Crippen molar-refractivity contribution in [3.05, 3.63) is 29.8 Å². The van der Waals surface area contributed by atoms with Crippen LogP contribution in [0.3, 0.4) is 0 Å². The first-order valence-electron chi connectivity index (χ1n) is 4.97. The molecule has 0 bridgehead atoms. The van der Waals surface area contributed by atoms with Crippen LogP contribution in [0.25, 0.3) is 0 Å². The highest BCUT2D eigenvalue weighted by Crippen LogP contribution is 2.30. The van der Waals surface area contributed by atoms with Crippen molar-refractivity contribution < 1.29 is 0 Å². The average Bonchev–Trinajstić information content (AvgIpc) is 2.77. The van der Waals surface area contributed by atoms with Crippen molar-refractivity contribution in [1.29, 1.82) is 0 Å². The smallest absolute Gasteiger partial charge is 0.174 e. The summed E-state index contributed by atoms with van der Waals surface area (Å²) >= 11 is 3.00. The second kappa shape index (κ2) is 5.38. The van der Waals surface area contributed by atoms with Crippen LogP contribution in [0, 0.1) is 0 Å². The molecule has 0 aliphatic rings. The summed E-state index contributed by atoms with van der Waals surface area (Å²) in [7, 11) is 0. The predicted octanol–water partition coefficient (Wildman–Crippen LogP) is 2.11. The highest BCUT2D eigenvalue weighted by Gasteiger charge is 2.07. The molecule has 0 saturated heterocycles. The summed E-state index contributed by atoms with van der Waals surface area (Å²) in [5.41, 5.74) is 6.75. The third-order valence-corrected chi connectivity index (χ3v) is 3.93. The Labute approximate surface area is 102 Å². The van der Waals surface area contributed by atoms with Crippen LogP contribution in [0.15, 0.2) is 27.7 Å². The van der Waals surface area contributed by atoms with E-state index >= 15 is 0 Å². The molecular weight excluding hydrogens is 240 g/mol. The van der Waals surface area contributed by atoms with Crippen LogP contribution in [0.4, 0.5) is 0 Å². The molecule has 0 amide bonds. The third-order valence-electron chi connectivity index (χ3n) is 2.05. The molecule has 2 aromatic heterocycles. The largest absolute Gasteiger partial charge is 0.326 e. The van der Waals surface area contributed by atoms with E-state index in [2.05, 4.69) is 14.3 Å². The van der Waals surface area contributed by atoms with Gasteiger partial charge in [-0.2, -0.15) is 4.37 Å². The molecule has 0 atom stereocenters. The molecule has 0 saturated carbocycles. The lowest BCUT2D eigenvalue weighted by Crippen LogP contribution is -1.98. The number of rotatable bonds is 4. The van der Waals surface area contributed by atoms with Crippen LogP contribution in [-0.2, 0) is 13.0 Å². The molecule has 0 radical (unpaired) electrons. The molecule has 6 heteroatoms. The van der Waals surface area contributed by atoms with Crippen LogP contribution in [0.1, 0.15) is 18.3 Å². The molecule has 0 aliphatic carbocycles. The van der Waals surface area contributed by atoms with Gasteiger partial charge >= 0.3 is 0 Å². The first-order chi connectivity index (χ1) is 7.83. The average molecular weight is 252 g/mol. The van der Waals surface area contributed by atoms with Crippen LogP contribution in [-0.4, -0.2) is 14.3 Å². The van der Waals surface area contributed by atoms with E-state index in [-0.39, 0.29) is 0 Å². The number of pyridine rings is 1. The highest BCUT2D eigenvalue weighted by molar-refractivity contribution is 8.01. The number of aromatic nitrogens is 3. The summed E-state index contributed by atoms with van der Waals surface area (Å²) in [5, 5.41) is 0. The van der Waals surface area contributed by atoms with Crippen LogP contribution < -0.4 is 5.73 Å². The summed E-state index contributed by atoms with van der Waals surface area (Å²) in [4.78, 5) is 9.56. The molecule has 0 aliphatic heterocycles. The lowest BCUT2D eigenvalue weighted by Gasteiger charge is -2.02. The van der Waals surface area contributed by atoms with Gasteiger partial charge in [0.05, 0.1) is 0 Å². The molecule has 4 nitrogen and oxygen atoms in total. The SMILES string of the molecule is CCc1nsc(Sc2cnccc2CN)n1. The van der Waals surface area contributed by atoms with Crippen LogP contribution >= 0.6 is 23.3 Å². The molecule has 16 heavy (non-hydrogen) atoms. The zero-order valence-electron chi connectivity index (χ0n) is 8.88. The van der Waals surface area contributed by atoms with Gasteiger partial charge in [0.15, 0.2) is 4.34 Å². The molecule has 2 aromatic rings. The Morgan fingerprint density at radius 3 is 3.06 bits per heavy atom. The van der Waals surface area contributed by atoms with Gasteiger partial charge < -0.3 is 5.73 Å². The summed E-state index contributed by atoms with van der Waals surface area (Å²) in [6.07, 6.45) is 4.44. The maximum absolute atomic E-state index is 5.66. The fourth-order valence-corrected chi connectivity index (χ4v) is 2.95. The maximum Gasteiger partial charge on any atom is 0.174 e. The number of hydrogen-bond donors (Lipinski definition) is 1. The van der Waals surface area contributed by atoms with Crippen molar-refractivity contribution in [2.24, 2.45) is 5.73 Å². The first kappa shape index (κ1) is 11.5. The Bertz CT molecular complexity index is 469. The fourth-order valence-electron chi connectivity index (χ4n) is 1.19. The van der Waals surface area contributed by atoms with Crippen molar-refractivity contribution >= 4 is 23.3 Å². The Morgan fingerprint density at radius 1 is 1.50 bits per heavy atom. The van der Waals surface area contributed by atoms with Crippen molar-refractivity contribution in [3.8, 4) is 0 Å². The van der Waals surface area contributed by atoms with E-state index in [1.807, 2.05) is 19.2 Å². The quantitative estimate of drug-likeness (QED) is 0.902. The summed E-state index contributed by atoms with van der Waals surface area (Å²) < 4.78 is 5.19. The second-order valence-electron chi connectivity index (χ2n) is 3.12. The van der Waals surface area contributed by atoms with Crippen molar-refractivity contribution in [2.75, 3.05) is 0 Å². The second-order valence-corrected chi connectivity index (χ2v) is 5.16. The maximum atomic E-state index is 5.66. The normalized spacial score (nSPS) is 10.6. The van der Waals surface area contributed by atoms with Gasteiger partial charge in [-0.15, -0.1) is 0 Å². The van der Waals surface area contributed by atoms with E-state index in [4.69, 9.17) is 5.73 Å². The Balaban J connectivity index is 2.19. The van der Waals surface area contributed by atoms with Gasteiger partial charge in [-0.1, -0.05) is 18.7 Å². The van der Waals surface area contributed by atoms with Crippen molar-refractivity contribution in [2.45, 2.75) is 29.1 Å². The molecule has 2 heterocycles. The van der Waals surface area contributed by atoms with Crippen molar-refractivity contribution in [3.63, 3.8) is 0 Å². The first-order valence-corrected chi connectivity index (χ1v) is 6.56.